The first-order chi connectivity index (χ1) is 13.6. The van der Waals surface area contributed by atoms with Crippen molar-refractivity contribution in [2.75, 3.05) is 18.1 Å². The molecule has 2 aromatic carbocycles. The topological polar surface area (TPSA) is 55.8 Å². The minimum atomic E-state index is -0.350. The number of ether oxygens (including phenoxy) is 2. The van der Waals surface area contributed by atoms with E-state index in [9.17, 15) is 9.59 Å². The molecule has 0 saturated carbocycles. The smallest absolute Gasteiger partial charge is 0.336 e. The van der Waals surface area contributed by atoms with Crippen LogP contribution in [0.3, 0.4) is 0 Å². The van der Waals surface area contributed by atoms with Gasteiger partial charge in [0.25, 0.3) is 0 Å². The number of rotatable bonds is 5. The Hall–Kier alpha value is -3.34. The predicted octanol–water partition coefficient (Wildman–Crippen LogP) is 3.89. The molecule has 0 aliphatic carbocycles. The van der Waals surface area contributed by atoms with Gasteiger partial charge in [0.15, 0.2) is 0 Å². The molecule has 0 spiro atoms. The minimum Gasteiger partial charge on any atom is -0.490 e. The van der Waals surface area contributed by atoms with Gasteiger partial charge in [0.2, 0.25) is 5.91 Å². The van der Waals surface area contributed by atoms with E-state index < -0.39 is 0 Å². The number of benzene rings is 2. The number of amides is 1. The molecule has 28 heavy (non-hydrogen) atoms. The Morgan fingerprint density at radius 1 is 1.21 bits per heavy atom. The van der Waals surface area contributed by atoms with Gasteiger partial charge < -0.3 is 9.47 Å². The van der Waals surface area contributed by atoms with E-state index in [1.165, 1.54) is 0 Å². The average molecular weight is 375 g/mol. The second-order valence-corrected chi connectivity index (χ2v) is 6.93. The van der Waals surface area contributed by atoms with Crippen LogP contribution in [0.2, 0.25) is 0 Å². The van der Waals surface area contributed by atoms with Crippen molar-refractivity contribution in [3.05, 3.63) is 83.6 Å². The lowest BCUT2D eigenvalue weighted by Crippen LogP contribution is -2.37. The third kappa shape index (κ3) is 3.20. The Kier molecular flexibility index (Phi) is 4.74. The van der Waals surface area contributed by atoms with Crippen LogP contribution in [0.1, 0.15) is 23.5 Å². The molecule has 2 aliphatic heterocycles. The molecule has 0 aromatic heterocycles. The fraction of sp³-hybridized carbons (Fsp3) is 0.217. The van der Waals surface area contributed by atoms with Gasteiger partial charge in [0, 0.05) is 18.0 Å². The Morgan fingerprint density at radius 2 is 2.00 bits per heavy atom. The Bertz CT molecular complexity index is 974. The number of carbonyl (C=O) groups excluding carboxylic acids is 2. The molecule has 2 aromatic rings. The maximum Gasteiger partial charge on any atom is 0.336 e. The molecule has 0 fully saturated rings. The lowest BCUT2D eigenvalue weighted by atomic mass is 9.84. The summed E-state index contributed by atoms with van der Waals surface area (Å²) in [5, 5.41) is 0. The van der Waals surface area contributed by atoms with Gasteiger partial charge in [0.05, 0.1) is 11.3 Å². The van der Waals surface area contributed by atoms with Crippen molar-refractivity contribution in [2.24, 2.45) is 0 Å². The van der Waals surface area contributed by atoms with E-state index in [-0.39, 0.29) is 30.8 Å². The molecule has 142 valence electrons. The molecule has 0 radical (unpaired) electrons. The van der Waals surface area contributed by atoms with Gasteiger partial charge in [-0.25, -0.2) is 4.79 Å². The van der Waals surface area contributed by atoms with Crippen LogP contribution in [-0.2, 0) is 14.3 Å². The number of esters is 1. The lowest BCUT2D eigenvalue weighted by molar-refractivity contribution is -0.136. The van der Waals surface area contributed by atoms with Gasteiger partial charge >= 0.3 is 5.97 Å². The quantitative estimate of drug-likeness (QED) is 0.588. The van der Waals surface area contributed by atoms with E-state index in [0.717, 1.165) is 22.6 Å². The van der Waals surface area contributed by atoms with Crippen molar-refractivity contribution in [1.82, 2.24) is 0 Å². The van der Waals surface area contributed by atoms with Crippen LogP contribution in [0, 0.1) is 6.92 Å². The first-order valence-electron chi connectivity index (χ1n) is 9.22. The molecule has 0 bridgehead atoms. The lowest BCUT2D eigenvalue weighted by Gasteiger charge is -2.32. The van der Waals surface area contributed by atoms with Gasteiger partial charge in [-0.05, 0) is 42.3 Å². The molecule has 1 atom stereocenters. The fourth-order valence-corrected chi connectivity index (χ4v) is 3.76. The molecule has 5 nitrogen and oxygen atoms in total. The number of carbonyl (C=O) groups is 2. The Labute approximate surface area is 163 Å². The van der Waals surface area contributed by atoms with Gasteiger partial charge in [-0.2, -0.15) is 0 Å². The van der Waals surface area contributed by atoms with E-state index in [1.807, 2.05) is 55.5 Å². The normalized spacial score (nSPS) is 18.8. The van der Waals surface area contributed by atoms with Crippen molar-refractivity contribution >= 4 is 17.6 Å². The molecule has 5 heteroatoms. The number of anilines is 1. The molecule has 1 amide bonds. The van der Waals surface area contributed by atoms with Gasteiger partial charge in [0.1, 0.15) is 19.0 Å². The molecule has 0 saturated heterocycles. The monoisotopic (exact) mass is 375 g/mol. The standard InChI is InChI=1S/C23H21NO4/c1-3-11-27-18-9-7-16(8-10-18)19-13-21(25)24(17-6-4-5-15(2)12-17)20-14-28-23(26)22(19)20/h3-10,12,19H,1,11,13-14H2,2H3/t19-/m1/s1. The summed E-state index contributed by atoms with van der Waals surface area (Å²) in [5.74, 6) is 0.0131. The minimum absolute atomic E-state index is 0.0420. The third-order valence-corrected chi connectivity index (χ3v) is 5.03. The van der Waals surface area contributed by atoms with Crippen LogP contribution in [0.25, 0.3) is 0 Å². The van der Waals surface area contributed by atoms with Crippen LogP contribution in [0.15, 0.2) is 72.5 Å². The molecular weight excluding hydrogens is 354 g/mol. The van der Waals surface area contributed by atoms with Gasteiger partial charge in [-0.3, -0.25) is 9.69 Å². The largest absolute Gasteiger partial charge is 0.490 e. The van der Waals surface area contributed by atoms with E-state index in [0.29, 0.717) is 17.9 Å². The number of hydrogen-bond donors (Lipinski definition) is 0. The molecule has 0 N–H and O–H groups in total. The predicted molar refractivity (Wildman–Crippen MR) is 106 cm³/mol. The summed E-state index contributed by atoms with van der Waals surface area (Å²) in [6, 6.07) is 15.2. The first-order valence-corrected chi connectivity index (χ1v) is 9.22. The summed E-state index contributed by atoms with van der Waals surface area (Å²) in [6.07, 6.45) is 1.90. The highest BCUT2D eigenvalue weighted by Gasteiger charge is 2.42. The Morgan fingerprint density at radius 3 is 2.71 bits per heavy atom. The van der Waals surface area contributed by atoms with Crippen molar-refractivity contribution < 1.29 is 19.1 Å². The van der Waals surface area contributed by atoms with E-state index >= 15 is 0 Å². The van der Waals surface area contributed by atoms with Gasteiger partial charge in [-0.1, -0.05) is 36.9 Å². The second-order valence-electron chi connectivity index (χ2n) is 6.93. The summed E-state index contributed by atoms with van der Waals surface area (Å²) in [6.45, 7) is 6.15. The zero-order chi connectivity index (χ0) is 19.7. The summed E-state index contributed by atoms with van der Waals surface area (Å²) in [4.78, 5) is 27.2. The van der Waals surface area contributed by atoms with Crippen LogP contribution < -0.4 is 9.64 Å². The number of hydrogen-bond acceptors (Lipinski definition) is 4. The summed E-state index contributed by atoms with van der Waals surface area (Å²) in [5.41, 5.74) is 3.93. The van der Waals surface area contributed by atoms with E-state index in [4.69, 9.17) is 9.47 Å². The van der Waals surface area contributed by atoms with E-state index in [2.05, 4.69) is 6.58 Å². The molecule has 4 rings (SSSR count). The maximum absolute atomic E-state index is 13.0. The summed E-state index contributed by atoms with van der Waals surface area (Å²) < 4.78 is 10.8. The highest BCUT2D eigenvalue weighted by molar-refractivity contribution is 6.06. The fourth-order valence-electron chi connectivity index (χ4n) is 3.76. The second kappa shape index (κ2) is 7.35. The van der Waals surface area contributed by atoms with Crippen LogP contribution in [0.5, 0.6) is 5.75 Å². The summed E-state index contributed by atoms with van der Waals surface area (Å²) in [7, 11) is 0. The highest BCUT2D eigenvalue weighted by atomic mass is 16.5. The zero-order valence-electron chi connectivity index (χ0n) is 15.7. The summed E-state index contributed by atoms with van der Waals surface area (Å²) >= 11 is 0. The van der Waals surface area contributed by atoms with Crippen LogP contribution >= 0.6 is 0 Å². The van der Waals surface area contributed by atoms with Crippen molar-refractivity contribution in [3.8, 4) is 5.75 Å². The maximum atomic E-state index is 13.0. The van der Waals surface area contributed by atoms with Crippen molar-refractivity contribution in [3.63, 3.8) is 0 Å². The molecule has 2 heterocycles. The van der Waals surface area contributed by atoms with Crippen LogP contribution in [0.4, 0.5) is 5.69 Å². The Balaban J connectivity index is 1.72. The SMILES string of the molecule is C=CCOc1ccc([C@H]2CC(=O)N(c3cccc(C)c3)C3=C2C(=O)OC3)cc1. The van der Waals surface area contributed by atoms with Gasteiger partial charge in [-0.15, -0.1) is 0 Å². The highest BCUT2D eigenvalue weighted by Crippen LogP contribution is 2.42. The molecular formula is C23H21NO4. The zero-order valence-corrected chi connectivity index (χ0v) is 15.7. The van der Waals surface area contributed by atoms with Crippen molar-refractivity contribution in [2.45, 2.75) is 19.3 Å². The average Bonchev–Trinajstić information content (AvgIpc) is 3.07. The van der Waals surface area contributed by atoms with Crippen molar-refractivity contribution in [1.29, 1.82) is 0 Å². The number of nitrogens with zero attached hydrogens (tertiary/aromatic N) is 1. The molecule has 0 unspecified atom stereocenters. The van der Waals surface area contributed by atoms with E-state index in [1.54, 1.807) is 11.0 Å². The van der Waals surface area contributed by atoms with Crippen LogP contribution in [-0.4, -0.2) is 25.1 Å². The number of cyclic esters (lactones) is 1. The number of aryl methyl sites for hydroxylation is 1. The third-order valence-electron chi connectivity index (χ3n) is 5.03. The molecule has 2 aliphatic rings. The first kappa shape index (κ1) is 18.0.